The van der Waals surface area contributed by atoms with Gasteiger partial charge in [0.05, 0.1) is 12.5 Å². The van der Waals surface area contributed by atoms with Crippen molar-refractivity contribution >= 4 is 22.8 Å². The van der Waals surface area contributed by atoms with Gasteiger partial charge in [-0.25, -0.2) is 4.79 Å². The maximum absolute atomic E-state index is 12.3. The fourth-order valence-electron chi connectivity index (χ4n) is 2.63. The van der Waals surface area contributed by atoms with E-state index in [9.17, 15) is 14.7 Å². The summed E-state index contributed by atoms with van der Waals surface area (Å²) in [6, 6.07) is 6.17. The van der Waals surface area contributed by atoms with Crippen molar-refractivity contribution in [2.75, 3.05) is 6.54 Å². The van der Waals surface area contributed by atoms with E-state index < -0.39 is 18.1 Å². The van der Waals surface area contributed by atoms with E-state index in [0.29, 0.717) is 11.3 Å². The molecule has 2 heterocycles. The molecule has 21 heavy (non-hydrogen) atoms. The molecular weight excluding hydrogens is 276 g/mol. The highest BCUT2D eigenvalue weighted by atomic mass is 16.5. The smallest absolute Gasteiger partial charge is 0.326 e. The van der Waals surface area contributed by atoms with Crippen LogP contribution in [0.1, 0.15) is 12.1 Å². The van der Waals surface area contributed by atoms with Crippen molar-refractivity contribution in [2.45, 2.75) is 25.0 Å². The van der Waals surface area contributed by atoms with Gasteiger partial charge in [0.2, 0.25) is 5.91 Å². The lowest BCUT2D eigenvalue weighted by atomic mass is 10.1. The number of aliphatic hydroxyl groups excluding tert-OH is 1. The summed E-state index contributed by atoms with van der Waals surface area (Å²) in [6.45, 7) is 0.0333. The van der Waals surface area contributed by atoms with Crippen LogP contribution in [0.4, 0.5) is 0 Å². The molecule has 1 fully saturated rings. The molecule has 0 unspecified atom stereocenters. The molecule has 3 rings (SSSR count). The summed E-state index contributed by atoms with van der Waals surface area (Å²) in [5, 5.41) is 23.3. The molecule has 1 aliphatic heterocycles. The first-order chi connectivity index (χ1) is 10.1. The van der Waals surface area contributed by atoms with Gasteiger partial charge in [-0.05, 0) is 12.1 Å². The molecule has 0 saturated carbocycles. The number of aliphatic hydroxyl groups is 1. The standard InChI is InChI=1S/C14H14N2O5/c17-8-5-11(14(19)20)16(7-8)13(18)6-10-9-3-1-2-4-12(9)21-15-10/h1-4,8,11,17H,5-7H2,(H,19,20)/t8-,11-/m1/s1. The van der Waals surface area contributed by atoms with E-state index in [-0.39, 0.29) is 25.3 Å². The van der Waals surface area contributed by atoms with Crippen LogP contribution in [0.25, 0.3) is 11.0 Å². The Morgan fingerprint density at radius 2 is 2.14 bits per heavy atom. The third kappa shape index (κ3) is 2.47. The number of hydrogen-bond donors (Lipinski definition) is 2. The molecule has 1 amide bonds. The highest BCUT2D eigenvalue weighted by molar-refractivity contribution is 5.89. The molecule has 1 saturated heterocycles. The zero-order chi connectivity index (χ0) is 15.0. The van der Waals surface area contributed by atoms with Gasteiger partial charge in [-0.15, -0.1) is 0 Å². The van der Waals surface area contributed by atoms with E-state index in [2.05, 4.69) is 5.16 Å². The molecule has 0 aliphatic carbocycles. The molecule has 7 heteroatoms. The van der Waals surface area contributed by atoms with Gasteiger partial charge < -0.3 is 19.6 Å². The summed E-state index contributed by atoms with van der Waals surface area (Å²) in [7, 11) is 0. The lowest BCUT2D eigenvalue weighted by Gasteiger charge is -2.20. The monoisotopic (exact) mass is 290 g/mol. The Bertz CT molecular complexity index is 695. The van der Waals surface area contributed by atoms with E-state index in [1.54, 1.807) is 18.2 Å². The Labute approximate surface area is 119 Å². The zero-order valence-electron chi connectivity index (χ0n) is 11.1. The summed E-state index contributed by atoms with van der Waals surface area (Å²) in [5.41, 5.74) is 1.05. The Balaban J connectivity index is 1.81. The fraction of sp³-hybridized carbons (Fsp3) is 0.357. The molecule has 1 aliphatic rings. The average molecular weight is 290 g/mol. The van der Waals surface area contributed by atoms with Gasteiger partial charge in [-0.2, -0.15) is 0 Å². The summed E-state index contributed by atoms with van der Waals surface area (Å²) in [5.74, 6) is -1.48. The van der Waals surface area contributed by atoms with Crippen molar-refractivity contribution in [2.24, 2.45) is 0 Å². The topological polar surface area (TPSA) is 104 Å². The minimum absolute atomic E-state index is 0.0333. The van der Waals surface area contributed by atoms with Gasteiger partial charge in [0.25, 0.3) is 0 Å². The first-order valence-electron chi connectivity index (χ1n) is 6.60. The number of carboxylic acids is 1. The van der Waals surface area contributed by atoms with Gasteiger partial charge in [0, 0.05) is 18.4 Å². The first-order valence-corrected chi connectivity index (χ1v) is 6.60. The van der Waals surface area contributed by atoms with Crippen LogP contribution in [0.2, 0.25) is 0 Å². The molecule has 110 valence electrons. The number of rotatable bonds is 3. The lowest BCUT2D eigenvalue weighted by molar-refractivity contribution is -0.148. The quantitative estimate of drug-likeness (QED) is 0.849. The van der Waals surface area contributed by atoms with Crippen molar-refractivity contribution in [3.63, 3.8) is 0 Å². The Morgan fingerprint density at radius 1 is 1.38 bits per heavy atom. The van der Waals surface area contributed by atoms with Crippen LogP contribution in [0.3, 0.4) is 0 Å². The predicted octanol–water partition coefficient (Wildman–Crippen LogP) is 0.417. The summed E-state index contributed by atoms with van der Waals surface area (Å²) in [4.78, 5) is 24.6. The van der Waals surface area contributed by atoms with Gasteiger partial charge in [-0.1, -0.05) is 17.3 Å². The number of aliphatic carboxylic acids is 1. The number of para-hydroxylation sites is 1. The number of carboxylic acid groups (broad SMARTS) is 1. The van der Waals surface area contributed by atoms with Crippen LogP contribution >= 0.6 is 0 Å². The Morgan fingerprint density at radius 3 is 2.90 bits per heavy atom. The van der Waals surface area contributed by atoms with Crippen LogP contribution < -0.4 is 0 Å². The highest BCUT2D eigenvalue weighted by Crippen LogP contribution is 2.22. The minimum Gasteiger partial charge on any atom is -0.480 e. The van der Waals surface area contributed by atoms with E-state index >= 15 is 0 Å². The van der Waals surface area contributed by atoms with Crippen molar-refractivity contribution in [1.82, 2.24) is 10.1 Å². The largest absolute Gasteiger partial charge is 0.480 e. The maximum atomic E-state index is 12.3. The number of amides is 1. The third-order valence-corrected chi connectivity index (χ3v) is 3.66. The number of carbonyl (C=O) groups is 2. The van der Waals surface area contributed by atoms with Crippen LogP contribution in [-0.2, 0) is 16.0 Å². The lowest BCUT2D eigenvalue weighted by Crippen LogP contribution is -2.41. The van der Waals surface area contributed by atoms with Crippen molar-refractivity contribution in [3.05, 3.63) is 30.0 Å². The summed E-state index contributed by atoms with van der Waals surface area (Å²) < 4.78 is 5.12. The van der Waals surface area contributed by atoms with Crippen LogP contribution in [0.5, 0.6) is 0 Å². The first kappa shape index (κ1) is 13.6. The zero-order valence-corrected chi connectivity index (χ0v) is 11.1. The predicted molar refractivity (Wildman–Crippen MR) is 71.5 cm³/mol. The molecule has 2 atom stereocenters. The SMILES string of the molecule is O=C(O)[C@H]1C[C@@H](O)CN1C(=O)Cc1noc2ccccc12. The van der Waals surface area contributed by atoms with E-state index in [1.165, 1.54) is 4.90 Å². The molecule has 1 aromatic heterocycles. The normalized spacial score (nSPS) is 21.9. The number of benzene rings is 1. The van der Waals surface area contributed by atoms with Crippen LogP contribution in [-0.4, -0.2) is 50.8 Å². The number of likely N-dealkylation sites (tertiary alicyclic amines) is 1. The van der Waals surface area contributed by atoms with Gasteiger partial charge in [0.1, 0.15) is 11.7 Å². The number of β-amino-alcohol motifs (C(OH)–C–C–N with tert-alkyl or cyclic N) is 1. The number of carbonyl (C=O) groups excluding carboxylic acids is 1. The second-order valence-electron chi connectivity index (χ2n) is 5.09. The highest BCUT2D eigenvalue weighted by Gasteiger charge is 2.39. The second-order valence-corrected chi connectivity index (χ2v) is 5.09. The molecule has 2 N–H and O–H groups in total. The fourth-order valence-corrected chi connectivity index (χ4v) is 2.63. The van der Waals surface area contributed by atoms with Gasteiger partial charge >= 0.3 is 5.97 Å². The molecule has 2 aromatic rings. The Hall–Kier alpha value is -2.41. The second kappa shape index (κ2) is 5.17. The van der Waals surface area contributed by atoms with Crippen molar-refractivity contribution in [3.8, 4) is 0 Å². The molecule has 1 aromatic carbocycles. The van der Waals surface area contributed by atoms with Gasteiger partial charge in [-0.3, -0.25) is 4.79 Å². The number of aromatic nitrogens is 1. The molecular formula is C14H14N2O5. The maximum Gasteiger partial charge on any atom is 0.326 e. The van der Waals surface area contributed by atoms with Crippen LogP contribution in [0.15, 0.2) is 28.8 Å². The molecule has 0 radical (unpaired) electrons. The van der Waals surface area contributed by atoms with Crippen molar-refractivity contribution < 1.29 is 24.3 Å². The molecule has 7 nitrogen and oxygen atoms in total. The summed E-state index contributed by atoms with van der Waals surface area (Å²) >= 11 is 0. The molecule has 0 spiro atoms. The van der Waals surface area contributed by atoms with Crippen molar-refractivity contribution in [1.29, 1.82) is 0 Å². The third-order valence-electron chi connectivity index (χ3n) is 3.66. The van der Waals surface area contributed by atoms with E-state index in [1.807, 2.05) is 6.07 Å². The average Bonchev–Trinajstić information content (AvgIpc) is 3.03. The van der Waals surface area contributed by atoms with Crippen LogP contribution in [0, 0.1) is 0 Å². The van der Waals surface area contributed by atoms with Gasteiger partial charge in [0.15, 0.2) is 5.58 Å². The molecule has 0 bridgehead atoms. The summed E-state index contributed by atoms with van der Waals surface area (Å²) in [6.07, 6.45) is -0.794. The number of nitrogens with zero attached hydrogens (tertiary/aromatic N) is 2. The number of fused-ring (bicyclic) bond motifs is 1. The minimum atomic E-state index is -1.11. The van der Waals surface area contributed by atoms with E-state index in [4.69, 9.17) is 9.63 Å². The Kier molecular flexibility index (Phi) is 3.34. The van der Waals surface area contributed by atoms with E-state index in [0.717, 1.165) is 5.39 Å². The number of hydrogen-bond acceptors (Lipinski definition) is 5.